The van der Waals surface area contributed by atoms with E-state index in [9.17, 15) is 13.5 Å². The quantitative estimate of drug-likeness (QED) is 0.916. The van der Waals surface area contributed by atoms with Crippen LogP contribution in [-0.4, -0.2) is 26.2 Å². The molecule has 0 radical (unpaired) electrons. The fraction of sp³-hybridized carbons (Fsp3) is 0.231. The second kappa shape index (κ2) is 6.13. The summed E-state index contributed by atoms with van der Waals surface area (Å²) in [7, 11) is -3.72. The predicted molar refractivity (Wildman–Crippen MR) is 82.0 cm³/mol. The van der Waals surface area contributed by atoms with E-state index in [2.05, 4.69) is 0 Å². The molecule has 7 heteroatoms. The summed E-state index contributed by atoms with van der Waals surface area (Å²) in [6.07, 6.45) is -0.777. The smallest absolute Gasteiger partial charge is 0.273 e. The van der Waals surface area contributed by atoms with Gasteiger partial charge in [-0.2, -0.15) is 0 Å². The van der Waals surface area contributed by atoms with Crippen LogP contribution in [0.2, 0.25) is 4.34 Å². The number of para-hydroxylation sites is 1. The van der Waals surface area contributed by atoms with Crippen molar-refractivity contribution in [2.45, 2.75) is 17.2 Å². The molecule has 0 saturated heterocycles. The van der Waals surface area contributed by atoms with Crippen molar-refractivity contribution in [1.82, 2.24) is 0 Å². The van der Waals surface area contributed by atoms with E-state index in [0.717, 1.165) is 11.3 Å². The number of aliphatic hydroxyl groups is 1. The maximum Gasteiger partial charge on any atom is 0.273 e. The van der Waals surface area contributed by atoms with Crippen LogP contribution < -0.4 is 4.31 Å². The first-order valence-electron chi connectivity index (χ1n) is 5.92. The normalized spacial score (nSPS) is 13.2. The van der Waals surface area contributed by atoms with Crippen LogP contribution in [0.15, 0.2) is 46.7 Å². The predicted octanol–water partition coefficient (Wildman–Crippen LogP) is 2.98. The van der Waals surface area contributed by atoms with Crippen molar-refractivity contribution in [3.05, 3.63) is 46.8 Å². The van der Waals surface area contributed by atoms with Gasteiger partial charge in [0.2, 0.25) is 0 Å². The highest BCUT2D eigenvalue weighted by Gasteiger charge is 2.27. The van der Waals surface area contributed by atoms with Crippen molar-refractivity contribution in [3.63, 3.8) is 0 Å². The average molecular weight is 332 g/mol. The van der Waals surface area contributed by atoms with E-state index in [0.29, 0.717) is 10.0 Å². The first-order chi connectivity index (χ1) is 9.41. The van der Waals surface area contributed by atoms with Gasteiger partial charge in [0, 0.05) is 0 Å². The zero-order valence-corrected chi connectivity index (χ0v) is 13.1. The summed E-state index contributed by atoms with van der Waals surface area (Å²) in [5.74, 6) is 0. The van der Waals surface area contributed by atoms with Crippen LogP contribution in [0.3, 0.4) is 0 Å². The molecule has 0 fully saturated rings. The van der Waals surface area contributed by atoms with E-state index < -0.39 is 16.1 Å². The van der Waals surface area contributed by atoms with Gasteiger partial charge in [0.05, 0.1) is 22.7 Å². The highest BCUT2D eigenvalue weighted by atomic mass is 35.5. The van der Waals surface area contributed by atoms with Crippen molar-refractivity contribution in [1.29, 1.82) is 0 Å². The maximum atomic E-state index is 12.6. The van der Waals surface area contributed by atoms with Crippen LogP contribution in [0, 0.1) is 0 Å². The summed E-state index contributed by atoms with van der Waals surface area (Å²) in [5, 5.41) is 9.57. The van der Waals surface area contributed by atoms with E-state index >= 15 is 0 Å². The molecular formula is C13H14ClNO3S2. The van der Waals surface area contributed by atoms with Crippen molar-refractivity contribution < 1.29 is 13.5 Å². The minimum Gasteiger partial charge on any atom is -0.392 e. The van der Waals surface area contributed by atoms with Crippen LogP contribution in [-0.2, 0) is 10.0 Å². The minimum absolute atomic E-state index is 0.0120. The molecule has 0 saturated carbocycles. The minimum atomic E-state index is -3.72. The van der Waals surface area contributed by atoms with Crippen LogP contribution in [0.1, 0.15) is 6.92 Å². The summed E-state index contributed by atoms with van der Waals surface area (Å²) in [6, 6.07) is 11.7. The molecule has 1 N–H and O–H groups in total. The standard InChI is InChI=1S/C13H14ClNO3S2/c1-10(16)9-15(11-5-3-2-4-6-11)20(17,18)13-8-7-12(14)19-13/h2-8,10,16H,9H2,1H3/t10-/m1/s1. The molecule has 0 aliphatic carbocycles. The van der Waals surface area contributed by atoms with Crippen LogP contribution in [0.25, 0.3) is 0 Å². The lowest BCUT2D eigenvalue weighted by molar-refractivity contribution is 0.204. The molecule has 1 heterocycles. The largest absolute Gasteiger partial charge is 0.392 e. The molecule has 1 atom stereocenters. The molecule has 2 rings (SSSR count). The lowest BCUT2D eigenvalue weighted by Crippen LogP contribution is -2.36. The van der Waals surface area contributed by atoms with Gasteiger partial charge in [-0.25, -0.2) is 8.42 Å². The zero-order valence-electron chi connectivity index (χ0n) is 10.7. The number of rotatable bonds is 5. The van der Waals surface area contributed by atoms with E-state index in [1.54, 1.807) is 43.3 Å². The molecule has 2 aromatic rings. The van der Waals surface area contributed by atoms with Gasteiger partial charge in [-0.15, -0.1) is 11.3 Å². The fourth-order valence-electron chi connectivity index (χ4n) is 1.72. The Labute approximate surface area is 127 Å². The maximum absolute atomic E-state index is 12.6. The molecule has 0 aliphatic heterocycles. The van der Waals surface area contributed by atoms with Gasteiger partial charge in [-0.05, 0) is 31.2 Å². The van der Waals surface area contributed by atoms with E-state index in [1.807, 2.05) is 0 Å². The van der Waals surface area contributed by atoms with Gasteiger partial charge in [0.25, 0.3) is 10.0 Å². The van der Waals surface area contributed by atoms with Gasteiger partial charge in [0.1, 0.15) is 4.21 Å². The Morgan fingerprint density at radius 1 is 1.25 bits per heavy atom. The molecule has 4 nitrogen and oxygen atoms in total. The summed E-state index contributed by atoms with van der Waals surface area (Å²) in [5.41, 5.74) is 0.512. The molecule has 0 bridgehead atoms. The molecule has 1 aromatic heterocycles. The van der Waals surface area contributed by atoms with Crippen LogP contribution in [0.5, 0.6) is 0 Å². The third-order valence-corrected chi connectivity index (χ3v) is 6.06. The highest BCUT2D eigenvalue weighted by Crippen LogP contribution is 2.30. The Balaban J connectivity index is 2.46. The number of halogens is 1. The summed E-state index contributed by atoms with van der Waals surface area (Å²) >= 11 is 6.81. The Bertz CT molecular complexity index is 668. The average Bonchev–Trinajstić information content (AvgIpc) is 2.84. The molecule has 0 amide bonds. The molecule has 0 unspecified atom stereocenters. The summed E-state index contributed by atoms with van der Waals surface area (Å²) in [6.45, 7) is 1.54. The molecule has 108 valence electrons. The molecular weight excluding hydrogens is 318 g/mol. The number of anilines is 1. The van der Waals surface area contributed by atoms with Crippen molar-refractivity contribution in [2.75, 3.05) is 10.8 Å². The number of hydrogen-bond acceptors (Lipinski definition) is 4. The second-order valence-corrected chi connectivity index (χ2v) is 8.08. The number of sulfonamides is 1. The van der Waals surface area contributed by atoms with Crippen LogP contribution in [0.4, 0.5) is 5.69 Å². The lowest BCUT2D eigenvalue weighted by atomic mass is 10.3. The first kappa shape index (κ1) is 15.3. The molecule has 0 aliphatic rings. The number of aliphatic hydroxyl groups excluding tert-OH is 1. The molecule has 0 spiro atoms. The lowest BCUT2D eigenvalue weighted by Gasteiger charge is -2.24. The number of hydrogen-bond donors (Lipinski definition) is 1. The Morgan fingerprint density at radius 2 is 1.90 bits per heavy atom. The Morgan fingerprint density at radius 3 is 2.40 bits per heavy atom. The van der Waals surface area contributed by atoms with Gasteiger partial charge < -0.3 is 5.11 Å². The third-order valence-electron chi connectivity index (χ3n) is 2.57. The Hall–Kier alpha value is -1.08. The number of nitrogens with zero attached hydrogens (tertiary/aromatic N) is 1. The van der Waals surface area contributed by atoms with Gasteiger partial charge in [-0.3, -0.25) is 4.31 Å². The zero-order chi connectivity index (χ0) is 14.8. The fourth-order valence-corrected chi connectivity index (χ4v) is 4.86. The van der Waals surface area contributed by atoms with Crippen molar-refractivity contribution in [3.8, 4) is 0 Å². The SMILES string of the molecule is C[C@@H](O)CN(c1ccccc1)S(=O)(=O)c1ccc(Cl)s1. The monoisotopic (exact) mass is 331 g/mol. The van der Waals surface area contributed by atoms with E-state index in [4.69, 9.17) is 11.6 Å². The highest BCUT2D eigenvalue weighted by molar-refractivity contribution is 7.94. The molecule has 1 aromatic carbocycles. The number of benzene rings is 1. The van der Waals surface area contributed by atoms with E-state index in [1.165, 1.54) is 10.4 Å². The van der Waals surface area contributed by atoms with Crippen molar-refractivity contribution in [2.24, 2.45) is 0 Å². The number of thiophene rings is 1. The first-order valence-corrected chi connectivity index (χ1v) is 8.56. The van der Waals surface area contributed by atoms with E-state index in [-0.39, 0.29) is 10.8 Å². The van der Waals surface area contributed by atoms with Crippen molar-refractivity contribution >= 4 is 38.6 Å². The van der Waals surface area contributed by atoms with Crippen LogP contribution >= 0.6 is 22.9 Å². The summed E-state index contributed by atoms with van der Waals surface area (Å²) in [4.78, 5) is 0. The Kier molecular flexibility index (Phi) is 4.70. The second-order valence-electron chi connectivity index (χ2n) is 4.28. The van der Waals surface area contributed by atoms with Gasteiger partial charge >= 0.3 is 0 Å². The third kappa shape index (κ3) is 3.32. The van der Waals surface area contributed by atoms with Gasteiger partial charge in [-0.1, -0.05) is 29.8 Å². The topological polar surface area (TPSA) is 57.6 Å². The van der Waals surface area contributed by atoms with Gasteiger partial charge in [0.15, 0.2) is 0 Å². The molecule has 20 heavy (non-hydrogen) atoms. The summed E-state index contributed by atoms with van der Waals surface area (Å²) < 4.78 is 27.1.